The smallest absolute Gasteiger partial charge is 0.257 e. The average Bonchev–Trinajstić information content (AvgIpc) is 3.18. The van der Waals surface area contributed by atoms with E-state index in [0.717, 1.165) is 16.1 Å². The molecule has 0 saturated heterocycles. The van der Waals surface area contributed by atoms with Crippen LogP contribution >= 0.6 is 34.3 Å². The van der Waals surface area contributed by atoms with Gasteiger partial charge < -0.3 is 5.32 Å². The minimum absolute atomic E-state index is 0.165. The van der Waals surface area contributed by atoms with Crippen molar-refractivity contribution in [2.75, 3.05) is 10.6 Å². The van der Waals surface area contributed by atoms with Crippen LogP contribution in [-0.4, -0.2) is 15.9 Å². The third kappa shape index (κ3) is 3.87. The Balaban J connectivity index is 1.73. The van der Waals surface area contributed by atoms with E-state index < -0.39 is 0 Å². The fourth-order valence-corrected chi connectivity index (χ4v) is 3.51. The largest absolute Gasteiger partial charge is 0.380 e. The van der Waals surface area contributed by atoms with E-state index in [0.29, 0.717) is 21.7 Å². The normalized spacial score (nSPS) is 10.5. The van der Waals surface area contributed by atoms with Gasteiger partial charge in [-0.2, -0.15) is 0 Å². The highest BCUT2D eigenvalue weighted by Crippen LogP contribution is 2.23. The molecule has 0 aliphatic carbocycles. The van der Waals surface area contributed by atoms with Gasteiger partial charge >= 0.3 is 0 Å². The number of carbonyl (C=O) groups is 1. The zero-order valence-corrected chi connectivity index (χ0v) is 14.6. The summed E-state index contributed by atoms with van der Waals surface area (Å²) in [6.07, 6.45) is 3.40. The molecule has 0 radical (unpaired) electrons. The topological polar surface area (TPSA) is 66.9 Å². The van der Waals surface area contributed by atoms with Gasteiger partial charge in [0.05, 0.1) is 6.54 Å². The van der Waals surface area contributed by atoms with Crippen LogP contribution in [0.5, 0.6) is 0 Å². The average molecular weight is 365 g/mol. The first-order chi connectivity index (χ1) is 11.1. The van der Waals surface area contributed by atoms with Crippen LogP contribution in [0.15, 0.2) is 36.0 Å². The molecule has 8 heteroatoms. The third-order valence-corrected chi connectivity index (χ3v) is 5.01. The molecule has 0 atom stereocenters. The minimum Gasteiger partial charge on any atom is -0.380 e. The van der Waals surface area contributed by atoms with E-state index in [1.165, 1.54) is 22.7 Å². The number of anilines is 2. The van der Waals surface area contributed by atoms with Crippen molar-refractivity contribution >= 4 is 51.0 Å². The Morgan fingerprint density at radius 1 is 1.35 bits per heavy atom. The molecule has 1 amide bonds. The first kappa shape index (κ1) is 15.9. The van der Waals surface area contributed by atoms with E-state index in [-0.39, 0.29) is 5.91 Å². The minimum atomic E-state index is -0.165. The van der Waals surface area contributed by atoms with E-state index in [9.17, 15) is 4.79 Å². The molecular weight excluding hydrogens is 352 g/mol. The van der Waals surface area contributed by atoms with Gasteiger partial charge in [0, 0.05) is 33.9 Å². The molecule has 5 nitrogen and oxygen atoms in total. The summed E-state index contributed by atoms with van der Waals surface area (Å²) >= 11 is 8.65. The van der Waals surface area contributed by atoms with Crippen molar-refractivity contribution in [3.8, 4) is 0 Å². The van der Waals surface area contributed by atoms with Crippen molar-refractivity contribution in [3.63, 3.8) is 0 Å². The SMILES string of the molecule is Cc1c(NCc2cnc(Cl)s2)cccc1C(=O)Nc1nccs1. The molecule has 2 aromatic heterocycles. The number of hydrogen-bond acceptors (Lipinski definition) is 6. The molecule has 2 N–H and O–H groups in total. The Kier molecular flexibility index (Phi) is 4.90. The second-order valence-electron chi connectivity index (χ2n) is 4.70. The number of carbonyl (C=O) groups excluding carboxylic acids is 1. The lowest BCUT2D eigenvalue weighted by atomic mass is 10.1. The first-order valence-corrected chi connectivity index (χ1v) is 8.85. The number of thiazole rings is 2. The molecule has 2 heterocycles. The number of nitrogens with zero attached hydrogens (tertiary/aromatic N) is 2. The van der Waals surface area contributed by atoms with Gasteiger partial charge in [0.25, 0.3) is 5.91 Å². The Morgan fingerprint density at radius 2 is 2.22 bits per heavy atom. The lowest BCUT2D eigenvalue weighted by molar-refractivity contribution is 0.102. The number of amides is 1. The van der Waals surface area contributed by atoms with E-state index in [4.69, 9.17) is 11.6 Å². The molecular formula is C15H13ClN4OS2. The van der Waals surface area contributed by atoms with Gasteiger partial charge in [-0.05, 0) is 24.6 Å². The van der Waals surface area contributed by atoms with Crippen molar-refractivity contribution in [2.45, 2.75) is 13.5 Å². The lowest BCUT2D eigenvalue weighted by Gasteiger charge is -2.12. The Morgan fingerprint density at radius 3 is 2.91 bits per heavy atom. The van der Waals surface area contributed by atoms with E-state index in [1.54, 1.807) is 18.5 Å². The molecule has 0 fully saturated rings. The molecule has 0 aliphatic heterocycles. The molecule has 3 rings (SSSR count). The number of hydrogen-bond donors (Lipinski definition) is 2. The van der Waals surface area contributed by atoms with Gasteiger partial charge in [0.2, 0.25) is 0 Å². The van der Waals surface area contributed by atoms with Gasteiger partial charge in [0.1, 0.15) is 0 Å². The molecule has 3 aromatic rings. The molecule has 0 bridgehead atoms. The standard InChI is InChI=1S/C15H13ClN4OS2/c1-9-11(13(21)20-15-17-5-6-22-15)3-2-4-12(9)18-7-10-8-19-14(16)23-10/h2-6,8,18H,7H2,1H3,(H,17,20,21). The van der Waals surface area contributed by atoms with Crippen LogP contribution in [0.4, 0.5) is 10.8 Å². The van der Waals surface area contributed by atoms with Crippen LogP contribution in [0.2, 0.25) is 4.47 Å². The number of rotatable bonds is 5. The summed E-state index contributed by atoms with van der Waals surface area (Å²) in [5.74, 6) is -0.165. The van der Waals surface area contributed by atoms with E-state index in [2.05, 4.69) is 20.6 Å². The number of aromatic nitrogens is 2. The van der Waals surface area contributed by atoms with Gasteiger partial charge in [0.15, 0.2) is 9.60 Å². The van der Waals surface area contributed by atoms with E-state index in [1.807, 2.05) is 24.4 Å². The van der Waals surface area contributed by atoms with Gasteiger partial charge in [-0.15, -0.1) is 22.7 Å². The second-order valence-corrected chi connectivity index (χ2v) is 7.29. The Labute approximate surface area is 146 Å². The van der Waals surface area contributed by atoms with Crippen LogP contribution in [0.3, 0.4) is 0 Å². The molecule has 1 aromatic carbocycles. The summed E-state index contributed by atoms with van der Waals surface area (Å²) in [6, 6.07) is 5.59. The van der Waals surface area contributed by atoms with Crippen LogP contribution in [-0.2, 0) is 6.54 Å². The Bertz CT molecular complexity index is 817. The number of benzene rings is 1. The predicted molar refractivity (Wildman–Crippen MR) is 95.7 cm³/mol. The zero-order valence-electron chi connectivity index (χ0n) is 12.2. The molecule has 0 unspecified atom stereocenters. The summed E-state index contributed by atoms with van der Waals surface area (Å²) in [7, 11) is 0. The molecule has 118 valence electrons. The van der Waals surface area contributed by atoms with Crippen molar-refractivity contribution in [1.29, 1.82) is 0 Å². The predicted octanol–water partition coefficient (Wildman–Crippen LogP) is 4.43. The maximum absolute atomic E-state index is 12.4. The maximum atomic E-state index is 12.4. The summed E-state index contributed by atoms with van der Waals surface area (Å²) in [5, 5.41) is 8.52. The van der Waals surface area contributed by atoms with Gasteiger partial charge in [-0.25, -0.2) is 9.97 Å². The van der Waals surface area contributed by atoms with E-state index >= 15 is 0 Å². The fraction of sp³-hybridized carbons (Fsp3) is 0.133. The summed E-state index contributed by atoms with van der Waals surface area (Å²) in [4.78, 5) is 21.5. The van der Waals surface area contributed by atoms with Crippen LogP contribution < -0.4 is 10.6 Å². The molecule has 0 saturated carbocycles. The van der Waals surface area contributed by atoms with Gasteiger partial charge in [-0.3, -0.25) is 10.1 Å². The summed E-state index contributed by atoms with van der Waals surface area (Å²) in [6.45, 7) is 2.53. The number of halogens is 1. The van der Waals surface area contributed by atoms with Crippen molar-refractivity contribution in [1.82, 2.24) is 9.97 Å². The molecule has 0 spiro atoms. The second kappa shape index (κ2) is 7.08. The van der Waals surface area contributed by atoms with Crippen LogP contribution in [0.25, 0.3) is 0 Å². The summed E-state index contributed by atoms with van der Waals surface area (Å²) < 4.78 is 0.523. The third-order valence-electron chi connectivity index (χ3n) is 3.21. The van der Waals surface area contributed by atoms with Crippen molar-refractivity contribution in [2.24, 2.45) is 0 Å². The molecule has 0 aliphatic rings. The monoisotopic (exact) mass is 364 g/mol. The van der Waals surface area contributed by atoms with Crippen LogP contribution in [0, 0.1) is 6.92 Å². The van der Waals surface area contributed by atoms with Gasteiger partial charge in [-0.1, -0.05) is 17.7 Å². The zero-order chi connectivity index (χ0) is 16.2. The number of nitrogens with one attached hydrogen (secondary N) is 2. The van der Waals surface area contributed by atoms with Crippen molar-refractivity contribution in [3.05, 3.63) is 56.4 Å². The highest BCUT2D eigenvalue weighted by atomic mass is 35.5. The maximum Gasteiger partial charge on any atom is 0.257 e. The van der Waals surface area contributed by atoms with Crippen molar-refractivity contribution < 1.29 is 4.79 Å². The first-order valence-electron chi connectivity index (χ1n) is 6.78. The highest BCUT2D eigenvalue weighted by Gasteiger charge is 2.13. The summed E-state index contributed by atoms with van der Waals surface area (Å²) in [5.41, 5.74) is 2.41. The lowest BCUT2D eigenvalue weighted by Crippen LogP contribution is -2.14. The fourth-order valence-electron chi connectivity index (χ4n) is 2.07. The molecule has 23 heavy (non-hydrogen) atoms. The van der Waals surface area contributed by atoms with Crippen LogP contribution in [0.1, 0.15) is 20.8 Å². The quantitative estimate of drug-likeness (QED) is 0.703. The Hall–Kier alpha value is -1.96. The highest BCUT2D eigenvalue weighted by molar-refractivity contribution is 7.15.